The molecule has 0 aliphatic heterocycles. The SMILES string of the molecule is Cc1cccc(-n2nnc(C=O)c2-c2ccc(F)cc2)c1. The highest BCUT2D eigenvalue weighted by Gasteiger charge is 2.15. The number of nitrogens with zero attached hydrogens (tertiary/aromatic N) is 3. The van der Waals surface area contributed by atoms with Gasteiger partial charge in [0.25, 0.3) is 0 Å². The van der Waals surface area contributed by atoms with Gasteiger partial charge in [0.15, 0.2) is 12.0 Å². The molecular formula is C16H12FN3O. The monoisotopic (exact) mass is 281 g/mol. The van der Waals surface area contributed by atoms with E-state index in [2.05, 4.69) is 10.3 Å². The summed E-state index contributed by atoms with van der Waals surface area (Å²) >= 11 is 0. The molecule has 3 rings (SSSR count). The first-order valence-electron chi connectivity index (χ1n) is 6.43. The van der Waals surface area contributed by atoms with Crippen LogP contribution in [0.4, 0.5) is 4.39 Å². The van der Waals surface area contributed by atoms with Gasteiger partial charge in [-0.05, 0) is 48.9 Å². The van der Waals surface area contributed by atoms with Gasteiger partial charge in [-0.2, -0.15) is 0 Å². The van der Waals surface area contributed by atoms with E-state index >= 15 is 0 Å². The van der Waals surface area contributed by atoms with E-state index in [1.807, 2.05) is 31.2 Å². The average molecular weight is 281 g/mol. The van der Waals surface area contributed by atoms with Crippen molar-refractivity contribution in [2.45, 2.75) is 6.92 Å². The Morgan fingerprint density at radius 3 is 2.57 bits per heavy atom. The molecule has 0 bridgehead atoms. The van der Waals surface area contributed by atoms with Crippen LogP contribution in [0.15, 0.2) is 48.5 Å². The number of aryl methyl sites for hydroxylation is 1. The third-order valence-electron chi connectivity index (χ3n) is 3.17. The minimum Gasteiger partial charge on any atom is -0.296 e. The van der Waals surface area contributed by atoms with E-state index < -0.39 is 0 Å². The fourth-order valence-corrected chi connectivity index (χ4v) is 2.19. The molecule has 0 aliphatic rings. The van der Waals surface area contributed by atoms with Crippen molar-refractivity contribution in [2.24, 2.45) is 0 Å². The molecule has 0 fully saturated rings. The Morgan fingerprint density at radius 1 is 1.14 bits per heavy atom. The second kappa shape index (κ2) is 5.28. The molecule has 0 N–H and O–H groups in total. The predicted octanol–water partition coefficient (Wildman–Crippen LogP) is 3.19. The first kappa shape index (κ1) is 13.2. The molecule has 0 radical (unpaired) electrons. The summed E-state index contributed by atoms with van der Waals surface area (Å²) in [4.78, 5) is 11.2. The van der Waals surface area contributed by atoms with Crippen molar-refractivity contribution in [3.8, 4) is 16.9 Å². The van der Waals surface area contributed by atoms with E-state index in [4.69, 9.17) is 0 Å². The summed E-state index contributed by atoms with van der Waals surface area (Å²) in [6.07, 6.45) is 0.651. The van der Waals surface area contributed by atoms with E-state index in [0.717, 1.165) is 11.3 Å². The molecule has 0 saturated carbocycles. The van der Waals surface area contributed by atoms with Crippen LogP contribution in [0.2, 0.25) is 0 Å². The Bertz CT molecular complexity index is 794. The number of halogens is 1. The normalized spacial score (nSPS) is 10.6. The van der Waals surface area contributed by atoms with Crippen LogP contribution in [0.1, 0.15) is 16.1 Å². The van der Waals surface area contributed by atoms with Gasteiger partial charge in [-0.3, -0.25) is 4.79 Å². The Morgan fingerprint density at radius 2 is 1.90 bits per heavy atom. The Kier molecular flexibility index (Phi) is 3.31. The van der Waals surface area contributed by atoms with Crippen molar-refractivity contribution in [1.82, 2.24) is 15.0 Å². The topological polar surface area (TPSA) is 47.8 Å². The van der Waals surface area contributed by atoms with Crippen LogP contribution < -0.4 is 0 Å². The molecule has 5 heteroatoms. The lowest BCUT2D eigenvalue weighted by molar-refractivity contribution is 0.111. The number of benzene rings is 2. The van der Waals surface area contributed by atoms with Gasteiger partial charge in [0.1, 0.15) is 11.5 Å². The van der Waals surface area contributed by atoms with Gasteiger partial charge < -0.3 is 0 Å². The maximum absolute atomic E-state index is 13.1. The summed E-state index contributed by atoms with van der Waals surface area (Å²) in [5.41, 5.74) is 3.33. The molecule has 0 amide bonds. The van der Waals surface area contributed by atoms with Crippen LogP contribution in [0.3, 0.4) is 0 Å². The van der Waals surface area contributed by atoms with Gasteiger partial charge in [0.05, 0.1) is 5.69 Å². The quantitative estimate of drug-likeness (QED) is 0.693. The van der Waals surface area contributed by atoms with E-state index in [9.17, 15) is 9.18 Å². The van der Waals surface area contributed by atoms with Crippen molar-refractivity contribution in [3.05, 3.63) is 65.6 Å². The van der Waals surface area contributed by atoms with Gasteiger partial charge in [-0.1, -0.05) is 17.3 Å². The molecule has 21 heavy (non-hydrogen) atoms. The van der Waals surface area contributed by atoms with Gasteiger partial charge in [0, 0.05) is 5.56 Å². The molecule has 2 aromatic carbocycles. The summed E-state index contributed by atoms with van der Waals surface area (Å²) in [7, 11) is 0. The predicted molar refractivity (Wildman–Crippen MR) is 76.9 cm³/mol. The first-order chi connectivity index (χ1) is 10.2. The Balaban J connectivity index is 2.21. The fraction of sp³-hybridized carbons (Fsp3) is 0.0625. The van der Waals surface area contributed by atoms with E-state index in [1.165, 1.54) is 12.1 Å². The number of rotatable bonds is 3. The molecule has 0 spiro atoms. The molecule has 1 aromatic heterocycles. The number of carbonyl (C=O) groups is 1. The highest BCUT2D eigenvalue weighted by Crippen LogP contribution is 2.25. The average Bonchev–Trinajstić information content (AvgIpc) is 2.92. The zero-order valence-electron chi connectivity index (χ0n) is 11.3. The molecule has 104 valence electrons. The van der Waals surface area contributed by atoms with Crippen molar-refractivity contribution in [3.63, 3.8) is 0 Å². The number of aromatic nitrogens is 3. The van der Waals surface area contributed by atoms with Gasteiger partial charge in [-0.15, -0.1) is 5.10 Å². The second-order valence-electron chi connectivity index (χ2n) is 4.70. The van der Waals surface area contributed by atoms with Crippen LogP contribution in [0, 0.1) is 12.7 Å². The first-order valence-corrected chi connectivity index (χ1v) is 6.43. The molecule has 0 aliphatic carbocycles. The summed E-state index contributed by atoms with van der Waals surface area (Å²) in [5.74, 6) is -0.332. The van der Waals surface area contributed by atoms with Gasteiger partial charge in [0.2, 0.25) is 0 Å². The number of carbonyl (C=O) groups excluding carboxylic acids is 1. The maximum Gasteiger partial charge on any atom is 0.172 e. The van der Waals surface area contributed by atoms with Gasteiger partial charge >= 0.3 is 0 Å². The van der Waals surface area contributed by atoms with Crippen LogP contribution in [-0.4, -0.2) is 21.3 Å². The summed E-state index contributed by atoms with van der Waals surface area (Å²) in [5, 5.41) is 7.93. The third kappa shape index (κ3) is 2.45. The molecule has 1 heterocycles. The van der Waals surface area contributed by atoms with E-state index in [0.29, 0.717) is 17.5 Å². The van der Waals surface area contributed by atoms with Crippen LogP contribution in [-0.2, 0) is 0 Å². The Labute approximate surface area is 120 Å². The van der Waals surface area contributed by atoms with Crippen molar-refractivity contribution < 1.29 is 9.18 Å². The molecule has 0 atom stereocenters. The van der Waals surface area contributed by atoms with E-state index in [-0.39, 0.29) is 11.5 Å². The van der Waals surface area contributed by atoms with E-state index in [1.54, 1.807) is 16.8 Å². The lowest BCUT2D eigenvalue weighted by Crippen LogP contribution is -2.00. The third-order valence-corrected chi connectivity index (χ3v) is 3.17. The maximum atomic E-state index is 13.1. The largest absolute Gasteiger partial charge is 0.296 e. The van der Waals surface area contributed by atoms with Crippen molar-refractivity contribution >= 4 is 6.29 Å². The fourth-order valence-electron chi connectivity index (χ4n) is 2.19. The lowest BCUT2D eigenvalue weighted by atomic mass is 10.1. The molecule has 0 saturated heterocycles. The molecule has 0 unspecified atom stereocenters. The zero-order valence-corrected chi connectivity index (χ0v) is 11.3. The highest BCUT2D eigenvalue weighted by atomic mass is 19.1. The number of hydrogen-bond acceptors (Lipinski definition) is 3. The van der Waals surface area contributed by atoms with Crippen LogP contribution in [0.5, 0.6) is 0 Å². The number of aldehydes is 1. The second-order valence-corrected chi connectivity index (χ2v) is 4.70. The highest BCUT2D eigenvalue weighted by molar-refractivity contribution is 5.83. The summed E-state index contributed by atoms with van der Waals surface area (Å²) in [6.45, 7) is 1.97. The van der Waals surface area contributed by atoms with Crippen LogP contribution >= 0.6 is 0 Å². The number of hydrogen-bond donors (Lipinski definition) is 0. The smallest absolute Gasteiger partial charge is 0.172 e. The minimum atomic E-state index is -0.332. The lowest BCUT2D eigenvalue weighted by Gasteiger charge is -2.07. The molecular weight excluding hydrogens is 269 g/mol. The molecule has 3 aromatic rings. The van der Waals surface area contributed by atoms with Crippen molar-refractivity contribution in [2.75, 3.05) is 0 Å². The van der Waals surface area contributed by atoms with Crippen molar-refractivity contribution in [1.29, 1.82) is 0 Å². The Hall–Kier alpha value is -2.82. The van der Waals surface area contributed by atoms with Crippen LogP contribution in [0.25, 0.3) is 16.9 Å². The summed E-state index contributed by atoms with van der Waals surface area (Å²) in [6, 6.07) is 13.6. The van der Waals surface area contributed by atoms with Gasteiger partial charge in [-0.25, -0.2) is 9.07 Å². The molecule has 4 nitrogen and oxygen atoms in total. The zero-order chi connectivity index (χ0) is 14.8. The standard InChI is InChI=1S/C16H12FN3O/c1-11-3-2-4-14(9-11)20-16(15(10-21)18-19-20)12-5-7-13(17)8-6-12/h2-10H,1H3. The summed E-state index contributed by atoms with van der Waals surface area (Å²) < 4.78 is 14.7. The minimum absolute atomic E-state index is 0.225.